The summed E-state index contributed by atoms with van der Waals surface area (Å²) in [7, 11) is 2.07. The number of quaternary nitrogens is 1. The Labute approximate surface area is 162 Å². The summed E-state index contributed by atoms with van der Waals surface area (Å²) in [6.07, 6.45) is 3.17. The fourth-order valence-corrected chi connectivity index (χ4v) is 5.27. The van der Waals surface area contributed by atoms with Gasteiger partial charge in [-0.05, 0) is 49.8 Å². The van der Waals surface area contributed by atoms with E-state index in [1.165, 1.54) is 27.5 Å². The number of benzene rings is 1. The maximum absolute atomic E-state index is 13.1. The molecule has 4 nitrogen and oxygen atoms in total. The van der Waals surface area contributed by atoms with Gasteiger partial charge in [-0.1, -0.05) is 19.1 Å². The van der Waals surface area contributed by atoms with Crippen LogP contribution in [-0.4, -0.2) is 17.0 Å². The maximum Gasteiger partial charge on any atom is 0.260 e. The fourth-order valence-electron chi connectivity index (χ4n) is 3.88. The summed E-state index contributed by atoms with van der Waals surface area (Å²) in [4.78, 5) is 24.0. The highest BCUT2D eigenvalue weighted by molar-refractivity contribution is 7.18. The number of rotatable bonds is 4. The molecule has 0 amide bonds. The van der Waals surface area contributed by atoms with Crippen molar-refractivity contribution in [2.75, 3.05) is 7.05 Å². The van der Waals surface area contributed by atoms with Gasteiger partial charge in [-0.25, -0.2) is 9.37 Å². The van der Waals surface area contributed by atoms with Crippen molar-refractivity contribution < 1.29 is 9.29 Å². The third-order valence-corrected chi connectivity index (χ3v) is 6.88. The number of aromatic nitrogens is 2. The van der Waals surface area contributed by atoms with Crippen molar-refractivity contribution in [3.8, 4) is 0 Å². The van der Waals surface area contributed by atoms with Gasteiger partial charge in [-0.2, -0.15) is 0 Å². The van der Waals surface area contributed by atoms with Crippen molar-refractivity contribution in [3.63, 3.8) is 0 Å². The second kappa shape index (κ2) is 7.17. The molecule has 1 aromatic carbocycles. The molecule has 2 aromatic heterocycles. The third kappa shape index (κ3) is 3.56. The van der Waals surface area contributed by atoms with Crippen LogP contribution in [0.2, 0.25) is 0 Å². The quantitative estimate of drug-likeness (QED) is 0.724. The minimum Gasteiger partial charge on any atom is -0.325 e. The van der Waals surface area contributed by atoms with Crippen LogP contribution in [0.15, 0.2) is 29.1 Å². The monoisotopic (exact) mass is 386 g/mol. The van der Waals surface area contributed by atoms with Gasteiger partial charge in [0, 0.05) is 10.4 Å². The zero-order valence-corrected chi connectivity index (χ0v) is 16.8. The molecule has 0 saturated heterocycles. The van der Waals surface area contributed by atoms with Gasteiger partial charge < -0.3 is 9.88 Å². The van der Waals surface area contributed by atoms with Gasteiger partial charge in [0.15, 0.2) is 5.82 Å². The molecule has 27 heavy (non-hydrogen) atoms. The van der Waals surface area contributed by atoms with Gasteiger partial charge in [0.25, 0.3) is 5.56 Å². The average molecular weight is 387 g/mol. The van der Waals surface area contributed by atoms with E-state index in [2.05, 4.69) is 25.9 Å². The van der Waals surface area contributed by atoms with Crippen molar-refractivity contribution in [3.05, 3.63) is 62.3 Å². The molecular formula is C21H25FN3OS+. The topological polar surface area (TPSA) is 50.2 Å². The Bertz CT molecular complexity index is 1020. The number of hydrogen-bond donors (Lipinski definition) is 2. The zero-order valence-electron chi connectivity index (χ0n) is 15.9. The maximum atomic E-state index is 13.1. The molecule has 4 rings (SSSR count). The summed E-state index contributed by atoms with van der Waals surface area (Å²) in [6.45, 7) is 5.08. The van der Waals surface area contributed by atoms with Crippen LogP contribution in [0.1, 0.15) is 48.1 Å². The van der Waals surface area contributed by atoms with E-state index in [1.54, 1.807) is 23.5 Å². The van der Waals surface area contributed by atoms with Crippen LogP contribution in [0, 0.1) is 11.7 Å². The second-order valence-electron chi connectivity index (χ2n) is 7.85. The lowest BCUT2D eigenvalue weighted by Crippen LogP contribution is -3.07. The molecule has 2 N–H and O–H groups in total. The van der Waals surface area contributed by atoms with Crippen molar-refractivity contribution in [1.29, 1.82) is 0 Å². The number of thiophene rings is 1. The summed E-state index contributed by atoms with van der Waals surface area (Å²) < 4.78 is 13.1. The van der Waals surface area contributed by atoms with Gasteiger partial charge in [-0.15, -0.1) is 11.3 Å². The summed E-state index contributed by atoms with van der Waals surface area (Å²) in [6, 6.07) is 6.61. The summed E-state index contributed by atoms with van der Waals surface area (Å²) in [5.41, 5.74) is 2.27. The number of nitrogens with zero attached hydrogens (tertiary/aromatic N) is 1. The van der Waals surface area contributed by atoms with Crippen molar-refractivity contribution in [1.82, 2.24) is 9.97 Å². The Morgan fingerprint density at radius 1 is 1.37 bits per heavy atom. The standard InChI is InChI=1S/C21H24FN3OS/c1-12-4-9-16-17(10-12)27-21-18(16)20(26)23-19(24-21)13(2)25(3)11-14-5-7-15(22)8-6-14/h5-8,12-13H,4,9-11H2,1-3H3,(H,23,24,26)/p+1/t12-,13-/m0/s1. The van der Waals surface area contributed by atoms with Crippen LogP contribution in [0.4, 0.5) is 4.39 Å². The van der Waals surface area contributed by atoms with Crippen LogP contribution in [0.25, 0.3) is 10.2 Å². The lowest BCUT2D eigenvalue weighted by molar-refractivity contribution is -0.924. The smallest absolute Gasteiger partial charge is 0.260 e. The molecule has 3 atom stereocenters. The van der Waals surface area contributed by atoms with Crippen molar-refractivity contribution in [2.24, 2.45) is 5.92 Å². The molecule has 1 aliphatic carbocycles. The highest BCUT2D eigenvalue weighted by Gasteiger charge is 2.25. The predicted octanol–water partition coefficient (Wildman–Crippen LogP) is 3.02. The minimum absolute atomic E-state index is 0.0107. The second-order valence-corrected chi connectivity index (χ2v) is 8.94. The van der Waals surface area contributed by atoms with Gasteiger partial charge in [-0.3, -0.25) is 4.79 Å². The SMILES string of the molecule is C[C@H]1CCc2c(sc3nc([C@H](C)[NH+](C)Cc4ccc(F)cc4)[nH]c(=O)c23)C1. The number of H-pyrrole nitrogens is 1. The minimum atomic E-state index is -0.225. The number of halogens is 1. The van der Waals surface area contributed by atoms with Crippen LogP contribution >= 0.6 is 11.3 Å². The molecule has 0 saturated carbocycles. The van der Waals surface area contributed by atoms with Gasteiger partial charge >= 0.3 is 0 Å². The molecular weight excluding hydrogens is 361 g/mol. The summed E-state index contributed by atoms with van der Waals surface area (Å²) in [5.74, 6) is 1.17. The van der Waals surface area contributed by atoms with E-state index >= 15 is 0 Å². The molecule has 0 radical (unpaired) electrons. The zero-order chi connectivity index (χ0) is 19.1. The van der Waals surface area contributed by atoms with Crippen LogP contribution < -0.4 is 10.5 Å². The van der Waals surface area contributed by atoms with E-state index in [0.717, 1.165) is 47.4 Å². The third-order valence-electron chi connectivity index (χ3n) is 5.73. The first-order valence-electron chi connectivity index (χ1n) is 9.53. The average Bonchev–Trinajstić information content (AvgIpc) is 3.00. The van der Waals surface area contributed by atoms with E-state index < -0.39 is 0 Å². The molecule has 6 heteroatoms. The number of nitrogens with one attached hydrogen (secondary N) is 2. The first-order chi connectivity index (χ1) is 12.9. The molecule has 1 unspecified atom stereocenters. The largest absolute Gasteiger partial charge is 0.325 e. The van der Waals surface area contributed by atoms with Crippen LogP contribution in [0.3, 0.4) is 0 Å². The normalized spacial score (nSPS) is 19.0. The number of fused-ring (bicyclic) bond motifs is 3. The molecule has 0 spiro atoms. The van der Waals surface area contributed by atoms with E-state index in [4.69, 9.17) is 4.98 Å². The molecule has 142 valence electrons. The van der Waals surface area contributed by atoms with Crippen molar-refractivity contribution >= 4 is 21.6 Å². The van der Waals surface area contributed by atoms with Crippen LogP contribution in [-0.2, 0) is 19.4 Å². The number of hydrogen-bond acceptors (Lipinski definition) is 3. The molecule has 0 aliphatic heterocycles. The number of aryl methyl sites for hydroxylation is 1. The first kappa shape index (κ1) is 18.3. The lowest BCUT2D eigenvalue weighted by Gasteiger charge is -2.21. The van der Waals surface area contributed by atoms with Gasteiger partial charge in [0.2, 0.25) is 0 Å². The lowest BCUT2D eigenvalue weighted by atomic mass is 9.89. The summed E-state index contributed by atoms with van der Waals surface area (Å²) in [5, 5.41) is 0.800. The highest BCUT2D eigenvalue weighted by Crippen LogP contribution is 2.35. The Balaban J connectivity index is 1.63. The first-order valence-corrected chi connectivity index (χ1v) is 10.3. The molecule has 3 aromatic rings. The Kier molecular flexibility index (Phi) is 4.86. The summed E-state index contributed by atoms with van der Waals surface area (Å²) >= 11 is 1.68. The highest BCUT2D eigenvalue weighted by atomic mass is 32.1. The van der Waals surface area contributed by atoms with E-state index in [-0.39, 0.29) is 17.4 Å². The molecule has 0 bridgehead atoms. The van der Waals surface area contributed by atoms with E-state index in [1.807, 2.05) is 0 Å². The van der Waals surface area contributed by atoms with Gasteiger partial charge in [0.1, 0.15) is 23.2 Å². The Morgan fingerprint density at radius 2 is 2.11 bits per heavy atom. The van der Waals surface area contributed by atoms with E-state index in [9.17, 15) is 9.18 Å². The van der Waals surface area contributed by atoms with Crippen molar-refractivity contribution in [2.45, 2.75) is 45.7 Å². The number of aromatic amines is 1. The predicted molar refractivity (Wildman–Crippen MR) is 107 cm³/mol. The molecule has 2 heterocycles. The molecule has 0 fully saturated rings. The van der Waals surface area contributed by atoms with Crippen LogP contribution in [0.5, 0.6) is 0 Å². The van der Waals surface area contributed by atoms with E-state index in [0.29, 0.717) is 5.92 Å². The Morgan fingerprint density at radius 3 is 2.85 bits per heavy atom. The fraction of sp³-hybridized carbons (Fsp3) is 0.429. The van der Waals surface area contributed by atoms with Gasteiger partial charge in [0.05, 0.1) is 12.4 Å². The Hall–Kier alpha value is -2.05. The molecule has 1 aliphatic rings.